The van der Waals surface area contributed by atoms with Gasteiger partial charge < -0.3 is 4.57 Å². The van der Waals surface area contributed by atoms with E-state index in [0.29, 0.717) is 24.4 Å². The molecule has 0 amide bonds. The average molecular weight is 549 g/mol. The van der Waals surface area contributed by atoms with Gasteiger partial charge in [0.25, 0.3) is 0 Å². The number of aromatic nitrogens is 1. The molecular formula is C26H21F5N4O2S. The van der Waals surface area contributed by atoms with Crippen molar-refractivity contribution < 1.29 is 30.4 Å². The first kappa shape index (κ1) is 27.2. The number of para-hydroxylation sites is 1. The number of aryl methyl sites for hydroxylation is 1. The van der Waals surface area contributed by atoms with Crippen molar-refractivity contribution >= 4 is 26.6 Å². The Kier molecular flexibility index (Phi) is 7.27. The van der Waals surface area contributed by atoms with E-state index in [4.69, 9.17) is 0 Å². The van der Waals surface area contributed by atoms with Crippen LogP contribution in [0.5, 0.6) is 0 Å². The third-order valence-electron chi connectivity index (χ3n) is 6.07. The molecule has 1 aliphatic rings. The zero-order chi connectivity index (χ0) is 27.8. The van der Waals surface area contributed by atoms with Gasteiger partial charge in [0.15, 0.2) is 0 Å². The van der Waals surface area contributed by atoms with Gasteiger partial charge in [-0.1, -0.05) is 25.1 Å². The maximum absolute atomic E-state index is 15.0. The number of allylic oxidation sites excluding steroid dienone is 2. The first-order chi connectivity index (χ1) is 17.9. The number of sulfonamides is 1. The van der Waals surface area contributed by atoms with Crippen LogP contribution in [0.4, 0.5) is 22.0 Å². The number of hydrogen-bond donors (Lipinski definition) is 1. The van der Waals surface area contributed by atoms with E-state index in [1.165, 1.54) is 41.0 Å². The molecule has 0 saturated carbocycles. The van der Waals surface area contributed by atoms with E-state index >= 15 is 4.39 Å². The normalized spacial score (nSPS) is 15.1. The van der Waals surface area contributed by atoms with E-state index in [1.807, 2.05) is 6.07 Å². The molecule has 0 bridgehead atoms. The third-order valence-corrected chi connectivity index (χ3v) is 7.59. The minimum absolute atomic E-state index is 0.0134. The number of alkyl halides is 3. The molecule has 0 saturated heterocycles. The first-order valence-corrected chi connectivity index (χ1v) is 12.9. The molecule has 38 heavy (non-hydrogen) atoms. The Balaban J connectivity index is 1.96. The fraction of sp³-hybridized carbons (Fsp3) is 0.231. The van der Waals surface area contributed by atoms with Gasteiger partial charge in [-0.2, -0.15) is 23.2 Å². The lowest BCUT2D eigenvalue weighted by Crippen LogP contribution is -2.43. The first-order valence-electron chi connectivity index (χ1n) is 11.4. The molecule has 198 valence electrons. The Bertz CT molecular complexity index is 1660. The summed E-state index contributed by atoms with van der Waals surface area (Å²) in [6.45, 7) is 2.41. The number of nitrogens with one attached hydrogen (secondary N) is 1. The minimum Gasteiger partial charge on any atom is -0.304 e. The Labute approximate surface area is 215 Å². The minimum atomic E-state index is -4.80. The Hall–Kier alpha value is -3.82. The van der Waals surface area contributed by atoms with Crippen molar-refractivity contribution in [1.29, 1.82) is 5.26 Å². The molecule has 1 N–H and O–H groups in total. The van der Waals surface area contributed by atoms with Crippen molar-refractivity contribution in [2.45, 2.75) is 38.9 Å². The quantitative estimate of drug-likeness (QED) is 0.395. The van der Waals surface area contributed by atoms with E-state index in [-0.39, 0.29) is 34.5 Å². The molecule has 0 fully saturated rings. The summed E-state index contributed by atoms with van der Waals surface area (Å²) in [5, 5.41) is 10.2. The smallest absolute Gasteiger partial charge is 0.304 e. The molecular weight excluding hydrogens is 527 g/mol. The van der Waals surface area contributed by atoms with Crippen LogP contribution in [0.2, 0.25) is 0 Å². The van der Waals surface area contributed by atoms with Crippen LogP contribution in [0, 0.1) is 23.0 Å². The largest absolute Gasteiger partial charge is 0.404 e. The highest BCUT2D eigenvalue weighted by Crippen LogP contribution is 2.34. The predicted octanol–water partition coefficient (Wildman–Crippen LogP) is 5.80. The van der Waals surface area contributed by atoms with Crippen LogP contribution in [-0.2, 0) is 16.4 Å². The second-order valence-electron chi connectivity index (χ2n) is 8.53. The summed E-state index contributed by atoms with van der Waals surface area (Å²) in [6, 6.07) is 8.13. The zero-order valence-corrected chi connectivity index (χ0v) is 21.0. The number of nitrogens with zero attached hydrogens (tertiary/aromatic N) is 3. The van der Waals surface area contributed by atoms with E-state index in [2.05, 4.69) is 4.99 Å². The van der Waals surface area contributed by atoms with Gasteiger partial charge in [0, 0.05) is 18.0 Å². The van der Waals surface area contributed by atoms with E-state index in [1.54, 1.807) is 17.7 Å². The van der Waals surface area contributed by atoms with Crippen LogP contribution in [0.3, 0.4) is 0 Å². The van der Waals surface area contributed by atoms with E-state index < -0.39 is 38.8 Å². The second-order valence-corrected chi connectivity index (χ2v) is 10.2. The van der Waals surface area contributed by atoms with Crippen molar-refractivity contribution in [3.8, 4) is 11.8 Å². The summed E-state index contributed by atoms with van der Waals surface area (Å²) in [4.78, 5) is 3.67. The van der Waals surface area contributed by atoms with Crippen LogP contribution in [-0.4, -0.2) is 30.9 Å². The molecule has 0 radical (unpaired) electrons. The van der Waals surface area contributed by atoms with Crippen molar-refractivity contribution in [2.75, 3.05) is 0 Å². The maximum Gasteiger partial charge on any atom is 0.404 e. The number of aliphatic imine (C=N–C) groups is 1. The summed E-state index contributed by atoms with van der Waals surface area (Å²) in [5.74, 6) is -1.18. The third kappa shape index (κ3) is 4.99. The van der Waals surface area contributed by atoms with Gasteiger partial charge in [0.05, 0.1) is 33.1 Å². The number of benzene rings is 2. The van der Waals surface area contributed by atoms with Crippen LogP contribution in [0.25, 0.3) is 16.6 Å². The molecule has 1 aliphatic heterocycles. The maximum atomic E-state index is 15.0. The van der Waals surface area contributed by atoms with E-state index in [9.17, 15) is 31.2 Å². The fourth-order valence-electron chi connectivity index (χ4n) is 4.10. The van der Waals surface area contributed by atoms with Crippen molar-refractivity contribution in [2.24, 2.45) is 4.99 Å². The zero-order valence-electron chi connectivity index (χ0n) is 20.1. The van der Waals surface area contributed by atoms with Crippen molar-refractivity contribution in [3.05, 3.63) is 88.1 Å². The lowest BCUT2D eigenvalue weighted by Gasteiger charge is -2.17. The Morgan fingerprint density at radius 1 is 1.18 bits per heavy atom. The number of halogens is 5. The molecule has 0 aliphatic carbocycles. The van der Waals surface area contributed by atoms with Gasteiger partial charge in [0.1, 0.15) is 23.7 Å². The predicted molar refractivity (Wildman–Crippen MR) is 133 cm³/mol. The molecule has 1 atom stereocenters. The molecule has 1 aromatic heterocycles. The summed E-state index contributed by atoms with van der Waals surface area (Å²) < 4.78 is 96.7. The molecule has 2 heterocycles. The summed E-state index contributed by atoms with van der Waals surface area (Å²) in [6.07, 6.45) is -1.19. The van der Waals surface area contributed by atoms with Gasteiger partial charge in [-0.05, 0) is 49.2 Å². The fourth-order valence-corrected chi connectivity index (χ4v) is 5.30. The topological polar surface area (TPSA) is 87.2 Å². The van der Waals surface area contributed by atoms with Gasteiger partial charge in [-0.15, -0.1) is 0 Å². The van der Waals surface area contributed by atoms with E-state index in [0.717, 1.165) is 12.3 Å². The van der Waals surface area contributed by atoms with Gasteiger partial charge in [-0.25, -0.2) is 17.2 Å². The van der Waals surface area contributed by atoms with Crippen LogP contribution in [0.1, 0.15) is 37.1 Å². The molecule has 12 heteroatoms. The number of nitriles is 1. The number of rotatable bonds is 6. The average Bonchev–Trinajstić information content (AvgIpc) is 2.98. The number of fused-ring (bicyclic) bond motifs is 1. The Morgan fingerprint density at radius 2 is 1.89 bits per heavy atom. The van der Waals surface area contributed by atoms with Gasteiger partial charge in [0.2, 0.25) is 10.0 Å². The summed E-state index contributed by atoms with van der Waals surface area (Å²) >= 11 is 0. The standard InChI is InChI=1S/C26H21F5N4O2S/c1-3-16-11-24-18(12-21(16)28)19(13-32)25(35(24)23-10-5-4-8-20(23)27)22-9-6-7-17(14-33-22)38(36,37)34-15(2)26(29,30)31/h4-8,10-12,14-15,34H,3,9H2,1-2H3. The molecule has 1 unspecified atom stereocenters. The van der Waals surface area contributed by atoms with Crippen molar-refractivity contribution in [3.63, 3.8) is 0 Å². The molecule has 6 nitrogen and oxygen atoms in total. The molecule has 3 aromatic rings. The molecule has 4 rings (SSSR count). The van der Waals surface area contributed by atoms with Gasteiger partial charge >= 0.3 is 6.18 Å². The van der Waals surface area contributed by atoms with Crippen LogP contribution >= 0.6 is 0 Å². The highest BCUT2D eigenvalue weighted by atomic mass is 32.2. The van der Waals surface area contributed by atoms with Crippen LogP contribution < -0.4 is 4.72 Å². The van der Waals surface area contributed by atoms with Crippen LogP contribution in [0.15, 0.2) is 64.6 Å². The number of hydrogen-bond acceptors (Lipinski definition) is 4. The highest BCUT2D eigenvalue weighted by molar-refractivity contribution is 7.93. The second kappa shape index (κ2) is 10.2. The lowest BCUT2D eigenvalue weighted by molar-refractivity contribution is -0.146. The Morgan fingerprint density at radius 3 is 2.53 bits per heavy atom. The van der Waals surface area contributed by atoms with Crippen molar-refractivity contribution in [1.82, 2.24) is 9.29 Å². The lowest BCUT2D eigenvalue weighted by atomic mass is 10.0. The molecule has 2 aromatic carbocycles. The SMILES string of the molecule is CCc1cc2c(cc1F)c(C#N)c(C1=NC=C(S(=O)(=O)NC(C)C(F)(F)F)C=CC1)n2-c1ccccc1F. The highest BCUT2D eigenvalue weighted by Gasteiger charge is 2.39. The monoisotopic (exact) mass is 548 g/mol. The van der Waals surface area contributed by atoms with Gasteiger partial charge in [-0.3, -0.25) is 4.99 Å². The summed E-state index contributed by atoms with van der Waals surface area (Å²) in [7, 11) is -4.60. The molecule has 0 spiro atoms. The summed E-state index contributed by atoms with van der Waals surface area (Å²) in [5.41, 5.74) is 0.954.